The Hall–Kier alpha value is -1.93. The molecule has 5 rings (SSSR count). The Morgan fingerprint density at radius 1 is 1.37 bits per heavy atom. The monoisotopic (exact) mass is 415 g/mol. The Bertz CT molecular complexity index is 871. The van der Waals surface area contributed by atoms with E-state index in [0.717, 1.165) is 30.6 Å². The summed E-state index contributed by atoms with van der Waals surface area (Å²) in [6.45, 7) is 6.42. The van der Waals surface area contributed by atoms with Crippen LogP contribution in [-0.4, -0.2) is 73.7 Å². The highest BCUT2D eigenvalue weighted by molar-refractivity contribution is 5.90. The van der Waals surface area contributed by atoms with Crippen molar-refractivity contribution < 1.29 is 28.8 Å². The Morgan fingerprint density at radius 2 is 2.23 bits per heavy atom. The van der Waals surface area contributed by atoms with Crippen molar-refractivity contribution in [3.63, 3.8) is 0 Å². The van der Waals surface area contributed by atoms with Crippen molar-refractivity contribution in [2.24, 2.45) is 0 Å². The number of carbonyl (C=O) groups is 1. The smallest absolute Gasteiger partial charge is 0.189 e. The third-order valence-corrected chi connectivity index (χ3v) is 7.45. The van der Waals surface area contributed by atoms with E-state index in [4.69, 9.17) is 18.9 Å². The van der Waals surface area contributed by atoms with Gasteiger partial charge in [0.2, 0.25) is 0 Å². The van der Waals surface area contributed by atoms with Crippen molar-refractivity contribution in [1.29, 1.82) is 0 Å². The van der Waals surface area contributed by atoms with Crippen molar-refractivity contribution in [3.8, 4) is 11.5 Å². The Labute approximate surface area is 176 Å². The van der Waals surface area contributed by atoms with Gasteiger partial charge in [0.1, 0.15) is 0 Å². The second kappa shape index (κ2) is 7.34. The van der Waals surface area contributed by atoms with Gasteiger partial charge in [0.25, 0.3) is 0 Å². The molecule has 162 valence electrons. The standard InChI is InChI=1S/C23H29NO6/c1-3-9-24-10-8-22-19-15-4-5-17(29-14-28-12-11-27-2)20(19)30-21(22)16(25)6-7-23(22,26)18(24)13-15/h3-5,18,21,26H,1,6-14H2,2H3/t18-,21+,22+,23-/m1/s1. The van der Waals surface area contributed by atoms with E-state index in [-0.39, 0.29) is 18.6 Å². The summed E-state index contributed by atoms with van der Waals surface area (Å²) < 4.78 is 22.6. The summed E-state index contributed by atoms with van der Waals surface area (Å²) >= 11 is 0. The van der Waals surface area contributed by atoms with Crippen LogP contribution in [0.15, 0.2) is 24.8 Å². The lowest BCUT2D eigenvalue weighted by atomic mass is 9.49. The number of ketones is 1. The van der Waals surface area contributed by atoms with E-state index in [1.807, 2.05) is 12.1 Å². The minimum atomic E-state index is -1.00. The molecule has 2 heterocycles. The zero-order chi connectivity index (χ0) is 20.9. The molecule has 2 bridgehead atoms. The number of piperidine rings is 1. The Kier molecular flexibility index (Phi) is 4.89. The van der Waals surface area contributed by atoms with Crippen LogP contribution < -0.4 is 9.47 Å². The van der Waals surface area contributed by atoms with Gasteiger partial charge in [0, 0.05) is 38.2 Å². The van der Waals surface area contributed by atoms with Crippen LogP contribution in [-0.2, 0) is 26.1 Å². The van der Waals surface area contributed by atoms with E-state index in [1.165, 1.54) is 0 Å². The first-order chi connectivity index (χ1) is 14.6. The maximum absolute atomic E-state index is 13.0. The fourth-order valence-electron chi connectivity index (χ4n) is 6.21. The topological polar surface area (TPSA) is 77.5 Å². The first kappa shape index (κ1) is 20.0. The molecule has 1 spiro atoms. The van der Waals surface area contributed by atoms with Gasteiger partial charge in [-0.15, -0.1) is 6.58 Å². The summed E-state index contributed by atoms with van der Waals surface area (Å²) in [7, 11) is 1.62. The molecule has 1 saturated heterocycles. The van der Waals surface area contributed by atoms with Gasteiger partial charge in [-0.3, -0.25) is 9.69 Å². The van der Waals surface area contributed by atoms with Crippen molar-refractivity contribution >= 4 is 5.78 Å². The van der Waals surface area contributed by atoms with Crippen molar-refractivity contribution in [2.45, 2.75) is 48.8 Å². The van der Waals surface area contributed by atoms with E-state index >= 15 is 0 Å². The van der Waals surface area contributed by atoms with E-state index < -0.39 is 17.1 Å². The van der Waals surface area contributed by atoms with Crippen LogP contribution in [0.1, 0.15) is 30.4 Å². The van der Waals surface area contributed by atoms with Crippen LogP contribution in [0, 0.1) is 0 Å². The number of hydrogen-bond acceptors (Lipinski definition) is 7. The predicted molar refractivity (Wildman–Crippen MR) is 109 cm³/mol. The normalized spacial score (nSPS) is 33.7. The maximum atomic E-state index is 13.0. The van der Waals surface area contributed by atoms with Crippen LogP contribution in [0.25, 0.3) is 0 Å². The second-order valence-corrected chi connectivity index (χ2v) is 8.70. The number of likely N-dealkylation sites (tertiary alicyclic amines) is 1. The van der Waals surface area contributed by atoms with Crippen LogP contribution in [0.4, 0.5) is 0 Å². The SMILES string of the molecule is C=CCN1CC[C@]23c4c5ccc(OCOCCOC)c4O[C@H]2C(=O)CC[C@@]3(O)[C@H]1C5. The fraction of sp³-hybridized carbons (Fsp3) is 0.609. The van der Waals surface area contributed by atoms with E-state index in [9.17, 15) is 9.90 Å². The summed E-state index contributed by atoms with van der Waals surface area (Å²) in [4.78, 5) is 15.3. The molecule has 0 aromatic heterocycles. The molecule has 0 amide bonds. The number of benzene rings is 1. The first-order valence-corrected chi connectivity index (χ1v) is 10.7. The summed E-state index contributed by atoms with van der Waals surface area (Å²) in [6.07, 6.45) is 3.44. The number of hydrogen-bond donors (Lipinski definition) is 1. The quantitative estimate of drug-likeness (QED) is 0.393. The van der Waals surface area contributed by atoms with Crippen molar-refractivity contribution in [1.82, 2.24) is 4.90 Å². The zero-order valence-corrected chi connectivity index (χ0v) is 17.4. The molecule has 1 aromatic carbocycles. The lowest BCUT2D eigenvalue weighted by Crippen LogP contribution is -2.76. The molecule has 30 heavy (non-hydrogen) atoms. The molecule has 7 heteroatoms. The molecule has 1 N–H and O–H groups in total. The van der Waals surface area contributed by atoms with Gasteiger partial charge in [0.15, 0.2) is 30.2 Å². The molecular weight excluding hydrogens is 386 g/mol. The summed E-state index contributed by atoms with van der Waals surface area (Å²) in [5.41, 5.74) is 0.410. The third-order valence-electron chi connectivity index (χ3n) is 7.45. The molecule has 0 unspecified atom stereocenters. The van der Waals surface area contributed by atoms with Gasteiger partial charge >= 0.3 is 0 Å². The average Bonchev–Trinajstić information content (AvgIpc) is 3.09. The highest BCUT2D eigenvalue weighted by Gasteiger charge is 2.73. The largest absolute Gasteiger partial charge is 0.477 e. The summed E-state index contributed by atoms with van der Waals surface area (Å²) in [5.74, 6) is 1.25. The number of aliphatic hydroxyl groups is 1. The lowest BCUT2D eigenvalue weighted by molar-refractivity contribution is -0.187. The minimum absolute atomic E-state index is 0.0500. The van der Waals surface area contributed by atoms with Crippen LogP contribution in [0.3, 0.4) is 0 Å². The number of Topliss-reactive ketones (excluding diaryl/α,β-unsaturated/α-hetero) is 1. The van der Waals surface area contributed by atoms with Gasteiger partial charge in [-0.05, 0) is 30.9 Å². The minimum Gasteiger partial charge on any atom is -0.477 e. The molecule has 2 fully saturated rings. The highest BCUT2D eigenvalue weighted by atomic mass is 16.7. The van der Waals surface area contributed by atoms with Crippen LogP contribution in [0.2, 0.25) is 0 Å². The highest BCUT2D eigenvalue weighted by Crippen LogP contribution is 2.64. The molecule has 7 nitrogen and oxygen atoms in total. The van der Waals surface area contributed by atoms with Gasteiger partial charge in [0.05, 0.1) is 24.2 Å². The predicted octanol–water partition coefficient (Wildman–Crippen LogP) is 1.60. The van der Waals surface area contributed by atoms with Crippen LogP contribution in [0.5, 0.6) is 11.5 Å². The van der Waals surface area contributed by atoms with Crippen molar-refractivity contribution in [2.75, 3.05) is 40.2 Å². The number of methoxy groups -OCH3 is 1. The van der Waals surface area contributed by atoms with E-state index in [1.54, 1.807) is 7.11 Å². The third kappa shape index (κ3) is 2.56. The summed E-state index contributed by atoms with van der Waals surface area (Å²) in [5, 5.41) is 12.1. The number of ether oxygens (including phenoxy) is 4. The van der Waals surface area contributed by atoms with Gasteiger partial charge in [-0.25, -0.2) is 0 Å². The molecule has 4 aliphatic rings. The first-order valence-electron chi connectivity index (χ1n) is 10.7. The Balaban J connectivity index is 1.55. The van der Waals surface area contributed by atoms with E-state index in [0.29, 0.717) is 44.0 Å². The number of nitrogens with zero attached hydrogens (tertiary/aromatic N) is 1. The zero-order valence-electron chi connectivity index (χ0n) is 17.4. The second-order valence-electron chi connectivity index (χ2n) is 8.70. The molecule has 0 radical (unpaired) electrons. The summed E-state index contributed by atoms with van der Waals surface area (Å²) in [6, 6.07) is 3.90. The fourth-order valence-corrected chi connectivity index (χ4v) is 6.21. The number of rotatable bonds is 8. The van der Waals surface area contributed by atoms with Gasteiger partial charge in [-0.2, -0.15) is 0 Å². The molecular formula is C23H29NO6. The average molecular weight is 415 g/mol. The molecule has 2 aliphatic heterocycles. The van der Waals surface area contributed by atoms with Crippen LogP contribution >= 0.6 is 0 Å². The molecule has 1 saturated carbocycles. The van der Waals surface area contributed by atoms with Gasteiger partial charge < -0.3 is 24.1 Å². The Morgan fingerprint density at radius 3 is 3.03 bits per heavy atom. The molecule has 2 aliphatic carbocycles. The molecule has 4 atom stereocenters. The lowest BCUT2D eigenvalue weighted by Gasteiger charge is -2.62. The molecule has 1 aromatic rings. The number of carbonyl (C=O) groups excluding carboxylic acids is 1. The van der Waals surface area contributed by atoms with E-state index in [2.05, 4.69) is 17.5 Å². The van der Waals surface area contributed by atoms with Crippen molar-refractivity contribution in [3.05, 3.63) is 35.9 Å². The van der Waals surface area contributed by atoms with Gasteiger partial charge in [-0.1, -0.05) is 12.1 Å². The maximum Gasteiger partial charge on any atom is 0.189 e.